The molecule has 12 heteroatoms. The maximum absolute atomic E-state index is 14.2. The minimum atomic E-state index is -2.86. The summed E-state index contributed by atoms with van der Waals surface area (Å²) in [7, 11) is 3.85. The fraction of sp³-hybridized carbons (Fsp3) is 0.576. The molecular weight excluding hydrogens is 580 g/mol. The molecule has 0 saturated carbocycles. The van der Waals surface area contributed by atoms with Crippen LogP contribution in [0.1, 0.15) is 73.5 Å². The number of aromatic nitrogens is 3. The molecule has 45 heavy (non-hydrogen) atoms. The number of hydrogen-bond acceptors (Lipinski definition) is 10. The molecule has 3 N–H and O–H groups in total. The zero-order chi connectivity index (χ0) is 31.3. The highest BCUT2D eigenvalue weighted by atomic mass is 19.3. The third-order valence-electron chi connectivity index (χ3n) is 10.1. The molecule has 2 fully saturated rings. The van der Waals surface area contributed by atoms with Crippen LogP contribution in [0.25, 0.3) is 11.5 Å². The Labute approximate surface area is 261 Å². The first-order valence-electron chi connectivity index (χ1n) is 16.0. The Bertz CT molecular complexity index is 1590. The number of nitrogen functional groups attached to an aromatic ring is 1. The number of halogens is 2. The van der Waals surface area contributed by atoms with E-state index in [4.69, 9.17) is 29.7 Å². The lowest BCUT2D eigenvalue weighted by Gasteiger charge is -2.33. The van der Waals surface area contributed by atoms with E-state index >= 15 is 0 Å². The average molecular weight is 622 g/mol. The number of alkyl halides is 2. The van der Waals surface area contributed by atoms with Crippen molar-refractivity contribution in [1.29, 1.82) is 0 Å². The summed E-state index contributed by atoms with van der Waals surface area (Å²) in [5.41, 5.74) is 11.6. The van der Waals surface area contributed by atoms with Crippen molar-refractivity contribution in [1.82, 2.24) is 25.3 Å². The van der Waals surface area contributed by atoms with E-state index in [1.54, 1.807) is 13.1 Å². The molecule has 1 aromatic carbocycles. The maximum atomic E-state index is 14.2. The first kappa shape index (κ1) is 30.0. The zero-order valence-electron chi connectivity index (χ0n) is 26.1. The molecule has 3 aromatic rings. The van der Waals surface area contributed by atoms with Gasteiger partial charge in [-0.15, -0.1) is 0 Å². The second-order valence-corrected chi connectivity index (χ2v) is 13.1. The summed E-state index contributed by atoms with van der Waals surface area (Å²) in [4.78, 5) is 16.1. The van der Waals surface area contributed by atoms with Crippen LogP contribution in [-0.2, 0) is 18.3 Å². The Morgan fingerprint density at radius 2 is 2.04 bits per heavy atom. The number of ether oxygens (including phenoxy) is 2. The van der Waals surface area contributed by atoms with Gasteiger partial charge in [0.2, 0.25) is 11.8 Å². The topological polar surface area (TPSA) is 124 Å². The van der Waals surface area contributed by atoms with Crippen LogP contribution in [-0.4, -0.2) is 84.1 Å². The number of hydrogen-bond donors (Lipinski definition) is 2. The minimum Gasteiger partial charge on any atom is -0.473 e. The number of nitrogens with one attached hydrogen (secondary N) is 1. The average Bonchev–Trinajstić information content (AvgIpc) is 3.72. The Morgan fingerprint density at radius 1 is 1.20 bits per heavy atom. The summed E-state index contributed by atoms with van der Waals surface area (Å²) in [5.74, 6) is -1.25. The Hall–Kier alpha value is -3.64. The number of fused-ring (bicyclic) bond motifs is 4. The van der Waals surface area contributed by atoms with Crippen molar-refractivity contribution in [3.63, 3.8) is 0 Å². The fourth-order valence-corrected chi connectivity index (χ4v) is 8.02. The number of likely N-dealkylation sites (N-methyl/N-ethyl adjacent to an activating group) is 1. The number of benzene rings is 1. The lowest BCUT2D eigenvalue weighted by molar-refractivity contribution is -0.0576. The van der Waals surface area contributed by atoms with Gasteiger partial charge in [-0.1, -0.05) is 11.2 Å². The van der Waals surface area contributed by atoms with Crippen LogP contribution in [0.3, 0.4) is 0 Å². The van der Waals surface area contributed by atoms with Crippen molar-refractivity contribution in [2.75, 3.05) is 39.5 Å². The van der Waals surface area contributed by atoms with E-state index in [1.165, 1.54) is 11.1 Å². The van der Waals surface area contributed by atoms with Gasteiger partial charge in [-0.3, -0.25) is 9.89 Å². The largest absolute Gasteiger partial charge is 0.473 e. The number of rotatable bonds is 7. The maximum Gasteiger partial charge on any atom is 0.263 e. The van der Waals surface area contributed by atoms with Crippen LogP contribution in [0, 0.1) is 0 Å². The number of aryl methyl sites for hydroxylation is 1. The lowest BCUT2D eigenvalue weighted by Crippen LogP contribution is -2.48. The molecule has 4 aliphatic rings. The van der Waals surface area contributed by atoms with Gasteiger partial charge in [-0.25, -0.2) is 8.78 Å². The second kappa shape index (κ2) is 11.6. The predicted molar refractivity (Wildman–Crippen MR) is 167 cm³/mol. The SMILES string of the molecule is CN=Cc1c(N)ccc2c1[C@]1(CCCc3c(-c4nc(O[C@@H]5CNCC(F)(F)C5)cc(O[C@@H](C)[C@@H]5CCCN5C)n4)noc31)CC2. The van der Waals surface area contributed by atoms with Crippen molar-refractivity contribution < 1.29 is 22.8 Å². The van der Waals surface area contributed by atoms with Crippen LogP contribution in [0.2, 0.25) is 0 Å². The molecule has 2 aliphatic carbocycles. The van der Waals surface area contributed by atoms with Crippen molar-refractivity contribution in [3.05, 3.63) is 46.2 Å². The van der Waals surface area contributed by atoms with Gasteiger partial charge in [0.1, 0.15) is 12.2 Å². The third-order valence-corrected chi connectivity index (χ3v) is 10.1. The van der Waals surface area contributed by atoms with E-state index < -0.39 is 18.4 Å². The summed E-state index contributed by atoms with van der Waals surface area (Å²) in [6.07, 6.45) is 7.03. The molecule has 4 atom stereocenters. The summed E-state index contributed by atoms with van der Waals surface area (Å²) < 4.78 is 47.1. The monoisotopic (exact) mass is 621 g/mol. The number of anilines is 1. The molecule has 4 heterocycles. The Morgan fingerprint density at radius 3 is 2.82 bits per heavy atom. The van der Waals surface area contributed by atoms with Crippen LogP contribution in [0.5, 0.6) is 11.8 Å². The van der Waals surface area contributed by atoms with E-state index in [0.29, 0.717) is 29.6 Å². The van der Waals surface area contributed by atoms with Crippen LogP contribution in [0.4, 0.5) is 14.5 Å². The van der Waals surface area contributed by atoms with E-state index in [0.717, 1.165) is 68.4 Å². The Balaban J connectivity index is 1.28. The number of aliphatic imine (C=N–C) groups is 1. The Kier molecular flexibility index (Phi) is 7.76. The fourth-order valence-electron chi connectivity index (χ4n) is 8.02. The lowest BCUT2D eigenvalue weighted by atomic mass is 9.68. The van der Waals surface area contributed by atoms with Gasteiger partial charge in [0.25, 0.3) is 5.92 Å². The summed E-state index contributed by atoms with van der Waals surface area (Å²) >= 11 is 0. The van der Waals surface area contributed by atoms with E-state index in [2.05, 4.69) is 33.5 Å². The van der Waals surface area contributed by atoms with E-state index in [1.807, 2.05) is 19.2 Å². The highest BCUT2D eigenvalue weighted by molar-refractivity contribution is 5.91. The molecule has 2 aliphatic heterocycles. The highest BCUT2D eigenvalue weighted by Gasteiger charge is 2.49. The molecule has 0 unspecified atom stereocenters. The molecule has 240 valence electrons. The predicted octanol–water partition coefficient (Wildman–Crippen LogP) is 4.57. The summed E-state index contributed by atoms with van der Waals surface area (Å²) in [6, 6.07) is 5.90. The molecule has 10 nitrogen and oxygen atoms in total. The van der Waals surface area contributed by atoms with Crippen LogP contribution >= 0.6 is 0 Å². The molecular formula is C33H41F2N7O3. The summed E-state index contributed by atoms with van der Waals surface area (Å²) in [6.45, 7) is 2.97. The molecule has 0 amide bonds. The minimum absolute atomic E-state index is 0.151. The van der Waals surface area contributed by atoms with Crippen LogP contribution < -0.4 is 20.5 Å². The summed E-state index contributed by atoms with van der Waals surface area (Å²) in [5, 5.41) is 7.33. The molecule has 1 spiro atoms. The normalized spacial score (nSPS) is 26.7. The molecule has 2 saturated heterocycles. The first-order valence-corrected chi connectivity index (χ1v) is 16.0. The van der Waals surface area contributed by atoms with Crippen molar-refractivity contribution in [2.24, 2.45) is 4.99 Å². The van der Waals surface area contributed by atoms with Gasteiger partial charge in [-0.05, 0) is 82.7 Å². The van der Waals surface area contributed by atoms with Gasteiger partial charge in [-0.2, -0.15) is 9.97 Å². The van der Waals surface area contributed by atoms with Crippen LogP contribution in [0.15, 0.2) is 27.7 Å². The highest BCUT2D eigenvalue weighted by Crippen LogP contribution is 2.54. The zero-order valence-corrected chi connectivity index (χ0v) is 26.1. The second-order valence-electron chi connectivity index (χ2n) is 13.1. The first-order chi connectivity index (χ1) is 21.7. The molecule has 0 bridgehead atoms. The van der Waals surface area contributed by atoms with Gasteiger partial charge < -0.3 is 25.0 Å². The van der Waals surface area contributed by atoms with E-state index in [9.17, 15) is 8.78 Å². The van der Waals surface area contributed by atoms with Gasteiger partial charge in [0, 0.05) is 42.7 Å². The smallest absolute Gasteiger partial charge is 0.263 e. The van der Waals surface area contributed by atoms with Crippen molar-refractivity contribution >= 4 is 11.9 Å². The number of nitrogens with zero attached hydrogens (tertiary/aromatic N) is 5. The van der Waals surface area contributed by atoms with E-state index in [-0.39, 0.29) is 30.0 Å². The number of likely N-dealkylation sites (tertiary alicyclic amines) is 1. The quantitative estimate of drug-likeness (QED) is 0.289. The molecule has 0 radical (unpaired) electrons. The molecule has 7 rings (SSSR count). The van der Waals surface area contributed by atoms with Crippen molar-refractivity contribution in [2.45, 2.75) is 87.9 Å². The standard InChI is InChI=1S/C33H41F2N7O3/c1-19(25-7-5-13-42(25)3)43-26-14-27(44-21-15-33(34,35)18-38-16-21)40-31(39-26)29-22-6-4-11-32(30(22)45-41-29)12-10-20-8-9-24(36)23(17-37-2)28(20)32/h8-9,14,17,19,21,25,38H,4-7,10-13,15-16,18,36H2,1-3H3/t19-,21-,25-,32-/m0/s1. The number of nitrogens with two attached hydrogens (primary N) is 1. The molecule has 2 aromatic heterocycles. The van der Waals surface area contributed by atoms with Gasteiger partial charge >= 0.3 is 0 Å². The van der Waals surface area contributed by atoms with Crippen molar-refractivity contribution in [3.8, 4) is 23.3 Å². The number of piperidine rings is 1. The third kappa shape index (κ3) is 5.45. The van der Waals surface area contributed by atoms with Gasteiger partial charge in [0.15, 0.2) is 17.3 Å². The van der Waals surface area contributed by atoms with Gasteiger partial charge in [0.05, 0.1) is 24.4 Å².